The van der Waals surface area contributed by atoms with Crippen LogP contribution in [0.4, 0.5) is 5.69 Å². The molecule has 7 nitrogen and oxygen atoms in total. The zero-order valence-corrected chi connectivity index (χ0v) is 21.4. The number of aromatic amines is 1. The van der Waals surface area contributed by atoms with Crippen molar-refractivity contribution in [2.24, 2.45) is 0 Å². The second-order valence-corrected chi connectivity index (χ2v) is 10.4. The molecule has 0 aliphatic carbocycles. The predicted molar refractivity (Wildman–Crippen MR) is 143 cm³/mol. The number of carbonyl (C=O) groups is 1. The van der Waals surface area contributed by atoms with Gasteiger partial charge in [-0.25, -0.2) is 8.42 Å². The third-order valence-electron chi connectivity index (χ3n) is 6.13. The van der Waals surface area contributed by atoms with E-state index in [1.54, 1.807) is 36.1 Å². The van der Waals surface area contributed by atoms with E-state index in [2.05, 4.69) is 4.98 Å². The summed E-state index contributed by atoms with van der Waals surface area (Å²) in [7, 11) is -3.94. The molecular formula is C28H29N3O4S. The zero-order valence-electron chi connectivity index (χ0n) is 20.6. The predicted octanol–water partition coefficient (Wildman–Crippen LogP) is 4.71. The molecule has 0 saturated heterocycles. The van der Waals surface area contributed by atoms with Crippen LogP contribution in [0, 0.1) is 6.92 Å². The molecule has 186 valence electrons. The molecule has 8 heteroatoms. The first-order valence-electron chi connectivity index (χ1n) is 11.8. The molecule has 1 amide bonds. The Bertz CT molecular complexity index is 1560. The topological polar surface area (TPSA) is 90.6 Å². The molecule has 4 aromatic rings. The summed E-state index contributed by atoms with van der Waals surface area (Å²) < 4.78 is 28.4. The van der Waals surface area contributed by atoms with Crippen LogP contribution in [0.3, 0.4) is 0 Å². The van der Waals surface area contributed by atoms with Gasteiger partial charge in [0.15, 0.2) is 0 Å². The fourth-order valence-electron chi connectivity index (χ4n) is 4.22. The largest absolute Gasteiger partial charge is 0.360 e. The highest BCUT2D eigenvalue weighted by Gasteiger charge is 2.25. The van der Waals surface area contributed by atoms with Gasteiger partial charge in [0.25, 0.3) is 15.9 Å². The van der Waals surface area contributed by atoms with E-state index >= 15 is 0 Å². The Kier molecular flexibility index (Phi) is 7.26. The SMILES string of the molecule is CCN(Cc1ccccc1)C(=O)c1c[nH]c2ccc(S(=O)(=O)N(CC)c3cccc(C)c3)cc2c1=O. The van der Waals surface area contributed by atoms with Crippen molar-refractivity contribution >= 4 is 32.5 Å². The van der Waals surface area contributed by atoms with Gasteiger partial charge < -0.3 is 9.88 Å². The van der Waals surface area contributed by atoms with Crippen LogP contribution >= 0.6 is 0 Å². The number of H-pyrrole nitrogens is 1. The second kappa shape index (κ2) is 10.4. The Morgan fingerprint density at radius 2 is 1.67 bits per heavy atom. The lowest BCUT2D eigenvalue weighted by Crippen LogP contribution is -2.34. The third-order valence-corrected chi connectivity index (χ3v) is 8.03. The first kappa shape index (κ1) is 25.2. The number of aryl methyl sites for hydroxylation is 1. The smallest absolute Gasteiger partial charge is 0.264 e. The van der Waals surface area contributed by atoms with Crippen LogP contribution in [0.15, 0.2) is 88.7 Å². The van der Waals surface area contributed by atoms with Gasteiger partial charge in [0, 0.05) is 36.7 Å². The third kappa shape index (κ3) is 4.90. The van der Waals surface area contributed by atoms with Gasteiger partial charge in [-0.15, -0.1) is 0 Å². The Morgan fingerprint density at radius 3 is 2.33 bits per heavy atom. The van der Waals surface area contributed by atoms with Crippen molar-refractivity contribution in [1.29, 1.82) is 0 Å². The lowest BCUT2D eigenvalue weighted by molar-refractivity contribution is 0.0751. The maximum atomic E-state index is 13.5. The van der Waals surface area contributed by atoms with Crippen LogP contribution in [0.5, 0.6) is 0 Å². The highest BCUT2D eigenvalue weighted by molar-refractivity contribution is 7.92. The monoisotopic (exact) mass is 503 g/mol. The highest BCUT2D eigenvalue weighted by Crippen LogP contribution is 2.26. The average molecular weight is 504 g/mol. The molecule has 1 heterocycles. The summed E-state index contributed by atoms with van der Waals surface area (Å²) in [6, 6.07) is 21.2. The van der Waals surface area contributed by atoms with E-state index in [0.29, 0.717) is 24.3 Å². The number of rotatable bonds is 8. The number of fused-ring (bicyclic) bond motifs is 1. The van der Waals surface area contributed by atoms with Gasteiger partial charge in [-0.1, -0.05) is 42.5 Å². The zero-order chi connectivity index (χ0) is 25.9. The van der Waals surface area contributed by atoms with Gasteiger partial charge in [-0.2, -0.15) is 0 Å². The highest BCUT2D eigenvalue weighted by atomic mass is 32.2. The molecule has 0 bridgehead atoms. The summed E-state index contributed by atoms with van der Waals surface area (Å²) in [5.41, 5.74) is 2.37. The van der Waals surface area contributed by atoms with Crippen molar-refractivity contribution < 1.29 is 13.2 Å². The number of sulfonamides is 1. The van der Waals surface area contributed by atoms with Gasteiger partial charge in [-0.05, 0) is 62.2 Å². The fourth-order valence-corrected chi connectivity index (χ4v) is 5.71. The molecule has 4 rings (SSSR count). The molecule has 0 radical (unpaired) electrons. The second-order valence-electron chi connectivity index (χ2n) is 8.55. The molecule has 1 aromatic heterocycles. The summed E-state index contributed by atoms with van der Waals surface area (Å²) in [5.74, 6) is -0.410. The number of amides is 1. The minimum atomic E-state index is -3.94. The van der Waals surface area contributed by atoms with Gasteiger partial charge in [-0.3, -0.25) is 13.9 Å². The Balaban J connectivity index is 1.74. The number of hydrogen-bond acceptors (Lipinski definition) is 4. The van der Waals surface area contributed by atoms with Crippen molar-refractivity contribution in [2.45, 2.75) is 32.2 Å². The van der Waals surface area contributed by atoms with Crippen molar-refractivity contribution in [3.05, 3.63) is 106 Å². The van der Waals surface area contributed by atoms with E-state index in [4.69, 9.17) is 0 Å². The van der Waals surface area contributed by atoms with Crippen LogP contribution in [0.1, 0.15) is 35.3 Å². The minimum Gasteiger partial charge on any atom is -0.360 e. The number of nitrogens with one attached hydrogen (secondary N) is 1. The van der Waals surface area contributed by atoms with Crippen LogP contribution in [-0.2, 0) is 16.6 Å². The van der Waals surface area contributed by atoms with Crippen LogP contribution in [0.25, 0.3) is 10.9 Å². The number of benzene rings is 3. The van der Waals surface area contributed by atoms with E-state index in [-0.39, 0.29) is 22.4 Å². The van der Waals surface area contributed by atoms with Gasteiger partial charge in [0.1, 0.15) is 5.56 Å². The maximum Gasteiger partial charge on any atom is 0.264 e. The van der Waals surface area contributed by atoms with E-state index in [0.717, 1.165) is 11.1 Å². The molecule has 0 atom stereocenters. The molecule has 0 aliphatic heterocycles. The Hall–Kier alpha value is -3.91. The first-order chi connectivity index (χ1) is 17.3. The number of carbonyl (C=O) groups excluding carboxylic acids is 1. The number of aromatic nitrogens is 1. The van der Waals surface area contributed by atoms with Crippen molar-refractivity contribution in [3.8, 4) is 0 Å². The van der Waals surface area contributed by atoms with E-state index < -0.39 is 21.4 Å². The standard InChI is InChI=1S/C28H29N3O4S/c1-4-30(19-21-11-7-6-8-12-21)28(33)25-18-29-26-15-14-23(17-24(26)27(25)32)36(34,35)31(5-2)22-13-9-10-20(3)16-22/h6-18H,4-5,19H2,1-3H3,(H,29,32). The lowest BCUT2D eigenvalue weighted by Gasteiger charge is -2.23. The van der Waals surface area contributed by atoms with Crippen molar-refractivity contribution in [2.75, 3.05) is 17.4 Å². The minimum absolute atomic E-state index is 0.00918. The molecule has 0 fully saturated rings. The molecule has 0 spiro atoms. The van der Waals surface area contributed by atoms with Gasteiger partial charge in [0.05, 0.1) is 10.6 Å². The van der Waals surface area contributed by atoms with E-state index in [1.807, 2.05) is 50.2 Å². The molecule has 0 unspecified atom stereocenters. The average Bonchev–Trinajstić information content (AvgIpc) is 2.88. The van der Waals surface area contributed by atoms with Crippen LogP contribution < -0.4 is 9.73 Å². The van der Waals surface area contributed by atoms with E-state index in [1.165, 1.54) is 22.6 Å². The molecule has 3 aromatic carbocycles. The quantitative estimate of drug-likeness (QED) is 0.377. The summed E-state index contributed by atoms with van der Waals surface area (Å²) in [6.45, 7) is 6.52. The van der Waals surface area contributed by atoms with Crippen molar-refractivity contribution in [3.63, 3.8) is 0 Å². The van der Waals surface area contributed by atoms with Crippen LogP contribution in [0.2, 0.25) is 0 Å². The molecular weight excluding hydrogens is 474 g/mol. The Labute approximate surface area is 211 Å². The molecule has 1 N–H and O–H groups in total. The summed E-state index contributed by atoms with van der Waals surface area (Å²) in [5, 5.41) is 0.151. The fraction of sp³-hybridized carbons (Fsp3) is 0.214. The lowest BCUT2D eigenvalue weighted by atomic mass is 10.1. The number of nitrogens with zero attached hydrogens (tertiary/aromatic N) is 2. The van der Waals surface area contributed by atoms with E-state index in [9.17, 15) is 18.0 Å². The maximum absolute atomic E-state index is 13.5. The van der Waals surface area contributed by atoms with Gasteiger partial charge in [0.2, 0.25) is 5.43 Å². The molecule has 36 heavy (non-hydrogen) atoms. The summed E-state index contributed by atoms with van der Waals surface area (Å²) in [4.78, 5) is 31.2. The summed E-state index contributed by atoms with van der Waals surface area (Å²) in [6.07, 6.45) is 1.40. The normalized spacial score (nSPS) is 11.4. The molecule has 0 aliphatic rings. The first-order valence-corrected chi connectivity index (χ1v) is 13.3. The van der Waals surface area contributed by atoms with Crippen LogP contribution in [-0.4, -0.2) is 37.3 Å². The Morgan fingerprint density at radius 1 is 0.917 bits per heavy atom. The van der Waals surface area contributed by atoms with Gasteiger partial charge >= 0.3 is 0 Å². The number of hydrogen-bond donors (Lipinski definition) is 1. The summed E-state index contributed by atoms with van der Waals surface area (Å²) >= 11 is 0. The number of pyridine rings is 1. The van der Waals surface area contributed by atoms with Crippen molar-refractivity contribution in [1.82, 2.24) is 9.88 Å². The molecule has 0 saturated carbocycles. The number of anilines is 1.